The third kappa shape index (κ3) is 3.84. The highest BCUT2D eigenvalue weighted by Crippen LogP contribution is 2.22. The highest BCUT2D eigenvalue weighted by Gasteiger charge is 2.27. The van der Waals surface area contributed by atoms with Crippen molar-refractivity contribution < 1.29 is 14.3 Å². The van der Waals surface area contributed by atoms with E-state index >= 15 is 0 Å². The van der Waals surface area contributed by atoms with Gasteiger partial charge < -0.3 is 14.4 Å². The molecule has 1 amide bonds. The smallest absolute Gasteiger partial charge is 0.223 e. The fourth-order valence-corrected chi connectivity index (χ4v) is 2.06. The van der Waals surface area contributed by atoms with Gasteiger partial charge in [-0.2, -0.15) is 0 Å². The molecule has 0 bridgehead atoms. The van der Waals surface area contributed by atoms with Crippen LogP contribution in [0.5, 0.6) is 0 Å². The van der Waals surface area contributed by atoms with Crippen LogP contribution in [0.2, 0.25) is 0 Å². The predicted octanol–water partition coefficient (Wildman–Crippen LogP) is 2.70. The quantitative estimate of drug-likeness (QED) is 0.848. The maximum Gasteiger partial charge on any atom is 0.223 e. The zero-order valence-corrected chi connectivity index (χ0v) is 12.3. The maximum absolute atomic E-state index is 11.8. The molecule has 0 unspecified atom stereocenters. The number of hydrogen-bond donors (Lipinski definition) is 0. The van der Waals surface area contributed by atoms with E-state index in [1.54, 1.807) is 18.1 Å². The Labute approximate surface area is 120 Å². The molecule has 20 heavy (non-hydrogen) atoms. The molecule has 0 radical (unpaired) electrons. The lowest BCUT2D eigenvalue weighted by Gasteiger charge is -2.33. The molecule has 0 spiro atoms. The van der Waals surface area contributed by atoms with Gasteiger partial charge in [0.25, 0.3) is 0 Å². The van der Waals surface area contributed by atoms with Gasteiger partial charge in [0.2, 0.25) is 11.7 Å². The molecule has 4 heteroatoms. The first-order valence-corrected chi connectivity index (χ1v) is 6.81. The Kier molecular flexibility index (Phi) is 4.45. The van der Waals surface area contributed by atoms with Crippen LogP contribution >= 0.6 is 0 Å². The summed E-state index contributed by atoms with van der Waals surface area (Å²) >= 11 is 0. The van der Waals surface area contributed by atoms with E-state index in [-0.39, 0.29) is 5.91 Å². The highest BCUT2D eigenvalue weighted by molar-refractivity contribution is 5.75. The van der Waals surface area contributed by atoms with Crippen molar-refractivity contribution in [1.29, 1.82) is 0 Å². The molecule has 0 aromatic heterocycles. The van der Waals surface area contributed by atoms with Crippen LogP contribution in [0.1, 0.15) is 26.3 Å². The van der Waals surface area contributed by atoms with E-state index in [4.69, 9.17) is 9.47 Å². The molecule has 1 heterocycles. The van der Waals surface area contributed by atoms with Crippen molar-refractivity contribution in [3.05, 3.63) is 47.9 Å². The first-order valence-electron chi connectivity index (χ1n) is 6.81. The topological polar surface area (TPSA) is 38.8 Å². The second kappa shape index (κ2) is 6.09. The molecular formula is C16H21NO3. The summed E-state index contributed by atoms with van der Waals surface area (Å²) in [6.07, 6.45) is 2.44. The molecule has 4 nitrogen and oxygen atoms in total. The molecule has 0 saturated carbocycles. The van der Waals surface area contributed by atoms with Gasteiger partial charge in [-0.25, -0.2) is 0 Å². The van der Waals surface area contributed by atoms with E-state index in [0.717, 1.165) is 12.1 Å². The van der Waals surface area contributed by atoms with E-state index in [1.165, 1.54) is 5.56 Å². The van der Waals surface area contributed by atoms with Crippen LogP contribution in [0.3, 0.4) is 0 Å². The molecule has 0 aliphatic carbocycles. The Balaban J connectivity index is 2.01. The largest absolute Gasteiger partial charge is 0.469 e. The molecule has 1 aromatic rings. The zero-order valence-electron chi connectivity index (χ0n) is 12.3. The number of carbonyl (C=O) groups is 1. The van der Waals surface area contributed by atoms with Crippen LogP contribution in [0.15, 0.2) is 42.3 Å². The Morgan fingerprint density at radius 3 is 2.55 bits per heavy atom. The minimum absolute atomic E-state index is 0.000845. The summed E-state index contributed by atoms with van der Waals surface area (Å²) in [6, 6.07) is 10.1. The lowest BCUT2D eigenvalue weighted by molar-refractivity contribution is -0.194. The minimum Gasteiger partial charge on any atom is -0.469 e. The molecule has 0 fully saturated rings. The Bertz CT molecular complexity index is 494. The molecule has 0 saturated heterocycles. The summed E-state index contributed by atoms with van der Waals surface area (Å²) in [5.41, 5.74) is 1.98. The number of nitrogens with zero attached hydrogens (tertiary/aromatic N) is 1. The van der Waals surface area contributed by atoms with Crippen molar-refractivity contribution in [2.75, 3.05) is 13.2 Å². The fraction of sp³-hybridized carbons (Fsp3) is 0.438. The molecule has 108 valence electrons. The SMILES string of the molecule is CC(=O)N(CCc1ccccc1)C1=COC(C)(C)OC1. The van der Waals surface area contributed by atoms with Crippen molar-refractivity contribution in [2.45, 2.75) is 33.0 Å². The molecule has 2 rings (SSSR count). The van der Waals surface area contributed by atoms with Crippen LogP contribution in [-0.2, 0) is 20.7 Å². The lowest BCUT2D eigenvalue weighted by atomic mass is 10.1. The Morgan fingerprint density at radius 1 is 1.30 bits per heavy atom. The molecule has 1 aliphatic heterocycles. The number of benzene rings is 1. The van der Waals surface area contributed by atoms with Crippen LogP contribution in [0, 0.1) is 0 Å². The number of ether oxygens (including phenoxy) is 2. The van der Waals surface area contributed by atoms with E-state index in [2.05, 4.69) is 12.1 Å². The van der Waals surface area contributed by atoms with Crippen LogP contribution in [-0.4, -0.2) is 29.7 Å². The normalized spacial score (nSPS) is 17.1. The third-order valence-electron chi connectivity index (χ3n) is 3.24. The van der Waals surface area contributed by atoms with Gasteiger partial charge in [0, 0.05) is 27.3 Å². The van der Waals surface area contributed by atoms with Gasteiger partial charge >= 0.3 is 0 Å². The number of amides is 1. The van der Waals surface area contributed by atoms with Crippen molar-refractivity contribution in [2.24, 2.45) is 0 Å². The zero-order chi connectivity index (χ0) is 14.6. The van der Waals surface area contributed by atoms with Gasteiger partial charge in [0.15, 0.2) is 0 Å². The monoisotopic (exact) mass is 275 g/mol. The van der Waals surface area contributed by atoms with Crippen molar-refractivity contribution in [1.82, 2.24) is 4.90 Å². The summed E-state index contributed by atoms with van der Waals surface area (Å²) in [5.74, 6) is -0.620. The maximum atomic E-state index is 11.8. The summed E-state index contributed by atoms with van der Waals surface area (Å²) in [7, 11) is 0. The first kappa shape index (κ1) is 14.6. The van der Waals surface area contributed by atoms with Crippen molar-refractivity contribution >= 4 is 5.91 Å². The van der Waals surface area contributed by atoms with Gasteiger partial charge in [-0.3, -0.25) is 4.79 Å². The van der Waals surface area contributed by atoms with Crippen molar-refractivity contribution in [3.8, 4) is 0 Å². The number of rotatable bonds is 4. The Hall–Kier alpha value is -1.81. The van der Waals surface area contributed by atoms with Crippen LogP contribution in [0.25, 0.3) is 0 Å². The van der Waals surface area contributed by atoms with Gasteiger partial charge in [-0.1, -0.05) is 30.3 Å². The standard InChI is InChI=1S/C16H21NO3/c1-13(18)17(10-9-14-7-5-4-6-8-14)15-11-19-16(2,3)20-12-15/h4-8,11H,9-10,12H2,1-3H3. The van der Waals surface area contributed by atoms with Crippen LogP contribution < -0.4 is 0 Å². The van der Waals surface area contributed by atoms with Crippen LogP contribution in [0.4, 0.5) is 0 Å². The average molecular weight is 275 g/mol. The average Bonchev–Trinajstić information content (AvgIpc) is 2.41. The summed E-state index contributed by atoms with van der Waals surface area (Å²) in [6.45, 7) is 6.27. The first-order chi connectivity index (χ1) is 9.48. The predicted molar refractivity (Wildman–Crippen MR) is 76.7 cm³/mol. The van der Waals surface area contributed by atoms with Gasteiger partial charge in [-0.15, -0.1) is 0 Å². The van der Waals surface area contributed by atoms with Gasteiger partial charge in [-0.05, 0) is 12.0 Å². The van der Waals surface area contributed by atoms with E-state index in [0.29, 0.717) is 13.2 Å². The Morgan fingerprint density at radius 2 is 2.00 bits per heavy atom. The second-order valence-electron chi connectivity index (χ2n) is 5.32. The fourth-order valence-electron chi connectivity index (χ4n) is 2.06. The molecule has 1 aliphatic rings. The molecular weight excluding hydrogens is 254 g/mol. The summed E-state index contributed by atoms with van der Waals surface area (Å²) in [4.78, 5) is 13.5. The molecule has 0 N–H and O–H groups in total. The summed E-state index contributed by atoms with van der Waals surface area (Å²) in [5, 5.41) is 0. The second-order valence-corrected chi connectivity index (χ2v) is 5.32. The molecule has 1 aromatic carbocycles. The van der Waals surface area contributed by atoms with E-state index in [1.807, 2.05) is 32.0 Å². The highest BCUT2D eigenvalue weighted by atomic mass is 16.7. The summed E-state index contributed by atoms with van der Waals surface area (Å²) < 4.78 is 11.1. The molecule has 0 atom stereocenters. The van der Waals surface area contributed by atoms with Gasteiger partial charge in [0.05, 0.1) is 12.3 Å². The van der Waals surface area contributed by atoms with E-state index < -0.39 is 5.79 Å². The number of carbonyl (C=O) groups excluding carboxylic acids is 1. The third-order valence-corrected chi connectivity index (χ3v) is 3.24. The van der Waals surface area contributed by atoms with Crippen molar-refractivity contribution in [3.63, 3.8) is 0 Å². The number of hydrogen-bond acceptors (Lipinski definition) is 3. The lowest BCUT2D eigenvalue weighted by Crippen LogP contribution is -2.39. The van der Waals surface area contributed by atoms with Gasteiger partial charge in [0.1, 0.15) is 6.26 Å². The van der Waals surface area contributed by atoms with E-state index in [9.17, 15) is 4.79 Å². The minimum atomic E-state index is -0.620.